The van der Waals surface area contributed by atoms with Crippen molar-refractivity contribution >= 4 is 33.3 Å². The van der Waals surface area contributed by atoms with Crippen LogP contribution in [0.4, 0.5) is 5.69 Å². The Bertz CT molecular complexity index is 883. The Hall–Kier alpha value is -2.25. The molecule has 0 spiro atoms. The maximum atomic E-state index is 12.2. The minimum Gasteiger partial charge on any atom is -0.490 e. The average molecular weight is 396 g/mol. The lowest BCUT2D eigenvalue weighted by Crippen LogP contribution is -2.25. The maximum absolute atomic E-state index is 12.2. The standard InChI is InChI=1S/C18H18ClNO5S/c19-15-5-7-17(8-6-15)24-10-11-25-18(21)14-3-1-4-16(13-14)20-9-2-12-26(20,22)23/h1,3-8,13H,2,9-12H2. The molecule has 8 heteroatoms. The zero-order valence-corrected chi connectivity index (χ0v) is 15.5. The van der Waals surface area contributed by atoms with E-state index in [-0.39, 0.29) is 19.0 Å². The second kappa shape index (κ2) is 7.97. The van der Waals surface area contributed by atoms with Crippen molar-refractivity contribution < 1.29 is 22.7 Å². The second-order valence-electron chi connectivity index (χ2n) is 5.73. The van der Waals surface area contributed by atoms with Gasteiger partial charge in [0.2, 0.25) is 10.0 Å². The fourth-order valence-corrected chi connectivity index (χ4v) is 4.31. The van der Waals surface area contributed by atoms with Gasteiger partial charge in [-0.15, -0.1) is 0 Å². The van der Waals surface area contributed by atoms with Crippen molar-refractivity contribution in [2.45, 2.75) is 6.42 Å². The van der Waals surface area contributed by atoms with Crippen LogP contribution in [0.2, 0.25) is 5.02 Å². The van der Waals surface area contributed by atoms with E-state index in [9.17, 15) is 13.2 Å². The number of rotatable bonds is 6. The number of hydrogen-bond donors (Lipinski definition) is 0. The fourth-order valence-electron chi connectivity index (χ4n) is 2.63. The molecular weight excluding hydrogens is 378 g/mol. The largest absolute Gasteiger partial charge is 0.490 e. The summed E-state index contributed by atoms with van der Waals surface area (Å²) in [7, 11) is -3.29. The highest BCUT2D eigenvalue weighted by Crippen LogP contribution is 2.25. The van der Waals surface area contributed by atoms with Gasteiger partial charge >= 0.3 is 5.97 Å². The first-order valence-corrected chi connectivity index (χ1v) is 10.1. The van der Waals surface area contributed by atoms with Gasteiger partial charge in [0, 0.05) is 11.6 Å². The number of halogens is 1. The quantitative estimate of drug-likeness (QED) is 0.555. The molecule has 0 aromatic heterocycles. The molecule has 3 rings (SSSR count). The van der Waals surface area contributed by atoms with Gasteiger partial charge in [0.15, 0.2) is 0 Å². The lowest BCUT2D eigenvalue weighted by atomic mass is 10.2. The summed E-state index contributed by atoms with van der Waals surface area (Å²) >= 11 is 5.79. The highest BCUT2D eigenvalue weighted by molar-refractivity contribution is 7.93. The highest BCUT2D eigenvalue weighted by atomic mass is 35.5. The molecule has 2 aromatic rings. The Morgan fingerprint density at radius 3 is 2.58 bits per heavy atom. The van der Waals surface area contributed by atoms with Crippen molar-refractivity contribution in [2.75, 3.05) is 29.8 Å². The average Bonchev–Trinajstić information content (AvgIpc) is 2.99. The molecule has 0 bridgehead atoms. The van der Waals surface area contributed by atoms with Gasteiger partial charge in [-0.2, -0.15) is 0 Å². The van der Waals surface area contributed by atoms with E-state index in [1.807, 2.05) is 0 Å². The third-order valence-electron chi connectivity index (χ3n) is 3.87. The zero-order chi connectivity index (χ0) is 18.6. The van der Waals surface area contributed by atoms with Crippen LogP contribution in [0.5, 0.6) is 5.75 Å². The Morgan fingerprint density at radius 2 is 1.88 bits per heavy atom. The molecule has 2 aromatic carbocycles. The van der Waals surface area contributed by atoms with Crippen LogP contribution in [0.3, 0.4) is 0 Å². The van der Waals surface area contributed by atoms with E-state index >= 15 is 0 Å². The SMILES string of the molecule is O=C(OCCOc1ccc(Cl)cc1)c1cccc(N2CCCS2(=O)=O)c1. The van der Waals surface area contributed by atoms with E-state index in [0.717, 1.165) is 0 Å². The van der Waals surface area contributed by atoms with Gasteiger partial charge < -0.3 is 9.47 Å². The maximum Gasteiger partial charge on any atom is 0.338 e. The first kappa shape index (κ1) is 18.5. The zero-order valence-electron chi connectivity index (χ0n) is 13.9. The molecule has 0 amide bonds. The highest BCUT2D eigenvalue weighted by Gasteiger charge is 2.28. The van der Waals surface area contributed by atoms with Crippen LogP contribution in [0.1, 0.15) is 16.8 Å². The molecule has 1 saturated heterocycles. The summed E-state index contributed by atoms with van der Waals surface area (Å²) in [6.45, 7) is 0.705. The first-order chi connectivity index (χ1) is 12.5. The molecule has 1 aliphatic rings. The van der Waals surface area contributed by atoms with E-state index in [1.54, 1.807) is 42.5 Å². The molecule has 1 fully saturated rings. The summed E-state index contributed by atoms with van der Waals surface area (Å²) in [5.41, 5.74) is 0.783. The van der Waals surface area contributed by atoms with E-state index in [4.69, 9.17) is 21.1 Å². The number of carbonyl (C=O) groups is 1. The van der Waals surface area contributed by atoms with E-state index in [2.05, 4.69) is 0 Å². The lowest BCUT2D eigenvalue weighted by molar-refractivity contribution is 0.0450. The molecular formula is C18H18ClNO5S. The molecule has 0 N–H and O–H groups in total. The van der Waals surface area contributed by atoms with Crippen LogP contribution in [-0.2, 0) is 14.8 Å². The van der Waals surface area contributed by atoms with E-state index in [0.29, 0.717) is 35.0 Å². The van der Waals surface area contributed by atoms with Crippen LogP contribution in [0.25, 0.3) is 0 Å². The van der Waals surface area contributed by atoms with Gasteiger partial charge in [0.1, 0.15) is 19.0 Å². The van der Waals surface area contributed by atoms with Crippen LogP contribution < -0.4 is 9.04 Å². The van der Waals surface area contributed by atoms with Gasteiger partial charge in [-0.3, -0.25) is 4.31 Å². The van der Waals surface area contributed by atoms with Crippen LogP contribution in [-0.4, -0.2) is 39.9 Å². The normalized spacial score (nSPS) is 15.7. The minimum absolute atomic E-state index is 0.0771. The van der Waals surface area contributed by atoms with Crippen molar-refractivity contribution in [1.82, 2.24) is 0 Å². The molecule has 1 heterocycles. The Morgan fingerprint density at radius 1 is 1.12 bits per heavy atom. The summed E-state index contributed by atoms with van der Waals surface area (Å²) in [6, 6.07) is 13.3. The lowest BCUT2D eigenvalue weighted by Gasteiger charge is -2.17. The number of anilines is 1. The van der Waals surface area contributed by atoms with E-state index < -0.39 is 16.0 Å². The molecule has 0 saturated carbocycles. The van der Waals surface area contributed by atoms with Gasteiger partial charge in [0.05, 0.1) is 17.0 Å². The number of esters is 1. The third-order valence-corrected chi connectivity index (χ3v) is 5.99. The van der Waals surface area contributed by atoms with Crippen molar-refractivity contribution in [3.8, 4) is 5.75 Å². The molecule has 0 atom stereocenters. The van der Waals surface area contributed by atoms with Crippen molar-refractivity contribution in [2.24, 2.45) is 0 Å². The Balaban J connectivity index is 1.55. The summed E-state index contributed by atoms with van der Waals surface area (Å²) in [5.74, 6) is 0.235. The minimum atomic E-state index is -3.29. The predicted octanol–water partition coefficient (Wildman–Crippen LogP) is 3.12. The van der Waals surface area contributed by atoms with Crippen molar-refractivity contribution in [3.05, 3.63) is 59.1 Å². The smallest absolute Gasteiger partial charge is 0.338 e. The van der Waals surface area contributed by atoms with Crippen LogP contribution in [0.15, 0.2) is 48.5 Å². The first-order valence-electron chi connectivity index (χ1n) is 8.12. The fraction of sp³-hybridized carbons (Fsp3) is 0.278. The van der Waals surface area contributed by atoms with Crippen molar-refractivity contribution in [1.29, 1.82) is 0 Å². The Labute approximate surface area is 157 Å². The third kappa shape index (κ3) is 4.47. The van der Waals surface area contributed by atoms with E-state index in [1.165, 1.54) is 10.4 Å². The molecule has 0 unspecified atom stereocenters. The molecule has 26 heavy (non-hydrogen) atoms. The second-order valence-corrected chi connectivity index (χ2v) is 8.18. The van der Waals surface area contributed by atoms with Gasteiger partial charge in [-0.25, -0.2) is 13.2 Å². The molecule has 0 radical (unpaired) electrons. The summed E-state index contributed by atoms with van der Waals surface area (Å²) in [5, 5.41) is 0.615. The van der Waals surface area contributed by atoms with Gasteiger partial charge in [0.25, 0.3) is 0 Å². The molecule has 138 valence electrons. The number of hydrogen-bond acceptors (Lipinski definition) is 5. The number of sulfonamides is 1. The van der Waals surface area contributed by atoms with Crippen molar-refractivity contribution in [3.63, 3.8) is 0 Å². The number of nitrogens with zero attached hydrogens (tertiary/aromatic N) is 1. The van der Waals surface area contributed by atoms with Crippen LogP contribution in [0, 0.1) is 0 Å². The molecule has 1 aliphatic heterocycles. The number of ether oxygens (including phenoxy) is 2. The molecule has 0 aliphatic carbocycles. The number of carbonyl (C=O) groups excluding carboxylic acids is 1. The summed E-state index contributed by atoms with van der Waals surface area (Å²) in [6.07, 6.45) is 0.582. The van der Waals surface area contributed by atoms with Crippen LogP contribution >= 0.6 is 11.6 Å². The van der Waals surface area contributed by atoms with Gasteiger partial charge in [-0.1, -0.05) is 17.7 Å². The predicted molar refractivity (Wildman–Crippen MR) is 99.4 cm³/mol. The molecule has 6 nitrogen and oxygen atoms in total. The monoisotopic (exact) mass is 395 g/mol. The van der Waals surface area contributed by atoms with Gasteiger partial charge in [-0.05, 0) is 48.9 Å². The summed E-state index contributed by atoms with van der Waals surface area (Å²) < 4.78 is 36.0. The Kier molecular flexibility index (Phi) is 5.68. The summed E-state index contributed by atoms with van der Waals surface area (Å²) in [4.78, 5) is 12.2. The number of benzene rings is 2. The topological polar surface area (TPSA) is 72.9 Å².